The van der Waals surface area contributed by atoms with Crippen LogP contribution in [-0.2, 0) is 25.1 Å². The third-order valence-electron chi connectivity index (χ3n) is 2.52. The van der Waals surface area contributed by atoms with Crippen molar-refractivity contribution in [2.75, 3.05) is 12.0 Å². The number of β-lactam (4-membered cyclic amide) rings is 1. The summed E-state index contributed by atoms with van der Waals surface area (Å²) in [5.74, 6) is -0.894. The van der Waals surface area contributed by atoms with Crippen molar-refractivity contribution >= 4 is 22.7 Å². The Balaban J connectivity index is 2.19. The Kier molecular flexibility index (Phi) is 2.71. The summed E-state index contributed by atoms with van der Waals surface area (Å²) in [5, 5.41) is 9.00. The highest BCUT2D eigenvalue weighted by Crippen LogP contribution is 2.36. The van der Waals surface area contributed by atoms with Crippen LogP contribution < -0.4 is 0 Å². The third-order valence-corrected chi connectivity index (χ3v) is 3.16. The van der Waals surface area contributed by atoms with Crippen LogP contribution >= 0.6 is 0 Å². The van der Waals surface area contributed by atoms with Crippen LogP contribution in [-0.4, -0.2) is 50.4 Å². The number of aliphatic carboxylic acids is 1. The van der Waals surface area contributed by atoms with E-state index in [0.29, 0.717) is 0 Å². The van der Waals surface area contributed by atoms with Crippen LogP contribution in [0.1, 0.15) is 6.42 Å². The summed E-state index contributed by atoms with van der Waals surface area (Å²) >= 11 is 0. The minimum atomic E-state index is -1.12. The Morgan fingerprint density at radius 2 is 2.44 bits per heavy atom. The lowest BCUT2D eigenvalue weighted by Gasteiger charge is -2.33. The molecular formula is C9H11NO5S. The zero-order chi connectivity index (χ0) is 11.9. The highest BCUT2D eigenvalue weighted by Gasteiger charge is 2.53. The van der Waals surface area contributed by atoms with Crippen molar-refractivity contribution in [2.24, 2.45) is 0 Å². The monoisotopic (exact) mass is 245 g/mol. The molecular weight excluding hydrogens is 234 g/mol. The van der Waals surface area contributed by atoms with Gasteiger partial charge in [-0.05, 0) is 6.08 Å². The van der Waals surface area contributed by atoms with Crippen LogP contribution in [0.15, 0.2) is 11.8 Å². The molecule has 3 unspecified atom stereocenters. The lowest BCUT2D eigenvalue weighted by Crippen LogP contribution is -2.54. The van der Waals surface area contributed by atoms with E-state index >= 15 is 0 Å². The average molecular weight is 245 g/mol. The van der Waals surface area contributed by atoms with Gasteiger partial charge < -0.3 is 9.84 Å². The lowest BCUT2D eigenvalue weighted by molar-refractivity contribution is -0.163. The molecule has 0 spiro atoms. The maximum atomic E-state index is 11.2. The van der Waals surface area contributed by atoms with Gasteiger partial charge in [0.15, 0.2) is 12.3 Å². The minimum Gasteiger partial charge on any atom is -0.479 e. The Morgan fingerprint density at radius 3 is 2.94 bits per heavy atom. The van der Waals surface area contributed by atoms with Crippen LogP contribution in [0.5, 0.6) is 0 Å². The molecule has 2 saturated heterocycles. The molecule has 0 radical (unpaired) electrons. The largest absolute Gasteiger partial charge is 0.479 e. The van der Waals surface area contributed by atoms with Crippen LogP contribution in [0.4, 0.5) is 0 Å². The van der Waals surface area contributed by atoms with Crippen molar-refractivity contribution in [1.82, 2.24) is 4.90 Å². The number of amides is 1. The number of carboxylic acid groups (broad SMARTS) is 1. The van der Waals surface area contributed by atoms with E-state index in [1.165, 1.54) is 17.2 Å². The number of rotatable bonds is 3. The van der Waals surface area contributed by atoms with Gasteiger partial charge in [-0.15, -0.1) is 0 Å². The fraction of sp³-hybridized carbons (Fsp3) is 0.556. The molecule has 0 bridgehead atoms. The number of carbonyl (C=O) groups excluding carboxylic acids is 1. The molecule has 0 aromatic carbocycles. The first-order chi connectivity index (χ1) is 7.50. The second kappa shape index (κ2) is 3.89. The van der Waals surface area contributed by atoms with Crippen LogP contribution in [0.2, 0.25) is 0 Å². The number of hydrogen-bond donors (Lipinski definition) is 1. The third kappa shape index (κ3) is 1.71. The first-order valence-corrected chi connectivity index (χ1v) is 6.44. The quantitative estimate of drug-likeness (QED) is 0.664. The summed E-state index contributed by atoms with van der Waals surface area (Å²) in [4.78, 5) is 23.4. The van der Waals surface area contributed by atoms with Crippen molar-refractivity contribution in [1.29, 1.82) is 0 Å². The fourth-order valence-corrected chi connectivity index (χ4v) is 2.17. The standard InChI is InChI=1S/C9H11NO5S/c1-16(14)3-2-5-8(9(12)13)10-6(11)4-7(10)15-5/h2,7-8H,3-4H2,1H3,(H,12,13). The van der Waals surface area contributed by atoms with E-state index < -0.39 is 29.0 Å². The fourth-order valence-electron chi connectivity index (χ4n) is 1.77. The van der Waals surface area contributed by atoms with Crippen molar-refractivity contribution < 1.29 is 23.6 Å². The van der Waals surface area contributed by atoms with Gasteiger partial charge >= 0.3 is 5.97 Å². The summed E-state index contributed by atoms with van der Waals surface area (Å²) in [6, 6.07) is -1.05. The number of fused-ring (bicyclic) bond motifs is 1. The van der Waals surface area contributed by atoms with E-state index in [1.54, 1.807) is 0 Å². The molecule has 0 aromatic heterocycles. The highest BCUT2D eigenvalue weighted by molar-refractivity contribution is 7.84. The molecule has 2 aliphatic heterocycles. The molecule has 0 saturated carbocycles. The van der Waals surface area contributed by atoms with E-state index in [0.717, 1.165) is 0 Å². The van der Waals surface area contributed by atoms with Crippen LogP contribution in [0.25, 0.3) is 0 Å². The first-order valence-electron chi connectivity index (χ1n) is 4.71. The van der Waals surface area contributed by atoms with E-state index in [1.807, 2.05) is 0 Å². The molecule has 2 aliphatic rings. The number of hydrogen-bond acceptors (Lipinski definition) is 4. The molecule has 2 heterocycles. The van der Waals surface area contributed by atoms with E-state index in [-0.39, 0.29) is 23.8 Å². The second-order valence-electron chi connectivity index (χ2n) is 3.66. The van der Waals surface area contributed by atoms with Gasteiger partial charge in [-0.3, -0.25) is 13.9 Å². The van der Waals surface area contributed by atoms with Crippen molar-refractivity contribution in [3.05, 3.63) is 11.8 Å². The predicted molar refractivity (Wildman–Crippen MR) is 54.8 cm³/mol. The number of carbonyl (C=O) groups is 2. The summed E-state index contributed by atoms with van der Waals surface area (Å²) in [7, 11) is -1.05. The summed E-state index contributed by atoms with van der Waals surface area (Å²) in [6.45, 7) is 0. The summed E-state index contributed by atoms with van der Waals surface area (Å²) in [6.07, 6.45) is 2.77. The molecule has 3 atom stereocenters. The van der Waals surface area contributed by atoms with E-state index in [9.17, 15) is 13.8 Å². The Morgan fingerprint density at radius 1 is 1.75 bits per heavy atom. The molecule has 6 nitrogen and oxygen atoms in total. The van der Waals surface area contributed by atoms with Gasteiger partial charge in [0.25, 0.3) is 0 Å². The van der Waals surface area contributed by atoms with E-state index in [4.69, 9.17) is 9.84 Å². The predicted octanol–water partition coefficient (Wildman–Crippen LogP) is -0.709. The zero-order valence-electron chi connectivity index (χ0n) is 8.58. The van der Waals surface area contributed by atoms with Crippen molar-refractivity contribution in [3.63, 3.8) is 0 Å². The van der Waals surface area contributed by atoms with Gasteiger partial charge in [0.1, 0.15) is 5.76 Å². The van der Waals surface area contributed by atoms with Gasteiger partial charge in [-0.25, -0.2) is 4.79 Å². The molecule has 0 aromatic rings. The molecule has 7 heteroatoms. The number of nitrogens with zero attached hydrogens (tertiary/aromatic N) is 1. The van der Waals surface area contributed by atoms with Gasteiger partial charge in [0.2, 0.25) is 5.91 Å². The molecule has 88 valence electrons. The molecule has 1 N–H and O–H groups in total. The summed E-state index contributed by atoms with van der Waals surface area (Å²) < 4.78 is 16.2. The molecule has 1 amide bonds. The first kappa shape index (κ1) is 11.1. The average Bonchev–Trinajstić information content (AvgIpc) is 2.47. The van der Waals surface area contributed by atoms with Gasteiger partial charge in [0, 0.05) is 22.8 Å². The Labute approximate surface area is 94.3 Å². The molecule has 2 fully saturated rings. The smallest absolute Gasteiger partial charge is 0.334 e. The molecule has 16 heavy (non-hydrogen) atoms. The maximum absolute atomic E-state index is 11.2. The van der Waals surface area contributed by atoms with Gasteiger partial charge in [-0.2, -0.15) is 0 Å². The molecule has 2 rings (SSSR count). The normalized spacial score (nSPS) is 31.9. The second-order valence-corrected chi connectivity index (χ2v) is 5.14. The Hall–Kier alpha value is -1.37. The molecule has 0 aliphatic carbocycles. The van der Waals surface area contributed by atoms with E-state index in [2.05, 4.69) is 0 Å². The zero-order valence-corrected chi connectivity index (χ0v) is 9.40. The minimum absolute atomic E-state index is 0.219. The highest BCUT2D eigenvalue weighted by atomic mass is 32.2. The Bertz CT molecular complexity index is 405. The van der Waals surface area contributed by atoms with Crippen LogP contribution in [0, 0.1) is 0 Å². The summed E-state index contributed by atoms with van der Waals surface area (Å²) in [5.41, 5.74) is 0. The lowest BCUT2D eigenvalue weighted by atomic mass is 10.1. The van der Waals surface area contributed by atoms with Crippen molar-refractivity contribution in [3.8, 4) is 0 Å². The maximum Gasteiger partial charge on any atom is 0.334 e. The van der Waals surface area contributed by atoms with Crippen molar-refractivity contribution in [2.45, 2.75) is 18.7 Å². The van der Waals surface area contributed by atoms with Gasteiger partial charge in [-0.1, -0.05) is 0 Å². The van der Waals surface area contributed by atoms with Gasteiger partial charge in [0.05, 0.1) is 6.42 Å². The number of ether oxygens (including phenoxy) is 1. The number of carboxylic acids is 1. The SMILES string of the molecule is CS(=O)CC=C1OC2CC(=O)N2C1C(=O)O. The van der Waals surface area contributed by atoms with Crippen LogP contribution in [0.3, 0.4) is 0 Å². The topological polar surface area (TPSA) is 83.9 Å².